The van der Waals surface area contributed by atoms with E-state index in [1.54, 1.807) is 21.7 Å². The molecule has 32 heavy (non-hydrogen) atoms. The first-order valence-corrected chi connectivity index (χ1v) is 11.5. The van der Waals surface area contributed by atoms with Crippen LogP contribution in [0.15, 0.2) is 35.1 Å². The Kier molecular flexibility index (Phi) is 6.26. The molecule has 1 amide bonds. The minimum Gasteiger partial charge on any atom is -0.379 e. The normalized spacial score (nSPS) is 18.2. The molecular formula is C22H20BrCl2F2N3O2. The van der Waals surface area contributed by atoms with Gasteiger partial charge in [-0.2, -0.15) is 5.10 Å². The van der Waals surface area contributed by atoms with E-state index >= 15 is 0 Å². The molecule has 2 aromatic heterocycles. The second-order valence-corrected chi connectivity index (χ2v) is 9.71. The van der Waals surface area contributed by atoms with Gasteiger partial charge in [0.05, 0.1) is 38.7 Å². The number of amides is 1. The molecule has 0 aliphatic carbocycles. The van der Waals surface area contributed by atoms with Crippen LogP contribution in [0.3, 0.4) is 0 Å². The maximum atomic E-state index is 13.5. The van der Waals surface area contributed by atoms with Gasteiger partial charge in [-0.3, -0.25) is 4.79 Å². The molecule has 0 bridgehead atoms. The summed E-state index contributed by atoms with van der Waals surface area (Å²) < 4.78 is 29.1. The number of carbonyl (C=O) groups is 1. The summed E-state index contributed by atoms with van der Waals surface area (Å²) in [5, 5.41) is 15.3. The van der Waals surface area contributed by atoms with Crippen molar-refractivity contribution in [3.8, 4) is 0 Å². The van der Waals surface area contributed by atoms with Gasteiger partial charge in [0.1, 0.15) is 5.60 Å². The van der Waals surface area contributed by atoms with Crippen molar-refractivity contribution in [3.63, 3.8) is 0 Å². The fraction of sp³-hybridized carbons (Fsp3) is 0.364. The summed E-state index contributed by atoms with van der Waals surface area (Å²) in [6, 6.07) is 4.61. The van der Waals surface area contributed by atoms with Crippen LogP contribution in [0.5, 0.6) is 0 Å². The van der Waals surface area contributed by atoms with Gasteiger partial charge in [0.15, 0.2) is 0 Å². The summed E-state index contributed by atoms with van der Waals surface area (Å²) in [6.07, 6.45) is 0.601. The maximum Gasteiger partial charge on any atom is 0.270 e. The zero-order chi connectivity index (χ0) is 23.4. The fourth-order valence-corrected chi connectivity index (χ4v) is 5.23. The average Bonchev–Trinajstić information content (AvgIpc) is 3.11. The van der Waals surface area contributed by atoms with Crippen molar-refractivity contribution in [2.24, 2.45) is 0 Å². The number of carbonyl (C=O) groups excluding carboxylic acids is 1. The zero-order valence-electron chi connectivity index (χ0n) is 17.2. The van der Waals surface area contributed by atoms with Crippen LogP contribution < -0.4 is 0 Å². The molecule has 1 aliphatic heterocycles. The van der Waals surface area contributed by atoms with E-state index in [-0.39, 0.29) is 23.9 Å². The van der Waals surface area contributed by atoms with Gasteiger partial charge in [-0.1, -0.05) is 41.4 Å². The summed E-state index contributed by atoms with van der Waals surface area (Å²) in [5.41, 5.74) is 0.471. The Morgan fingerprint density at radius 2 is 2.12 bits per heavy atom. The van der Waals surface area contributed by atoms with Crippen molar-refractivity contribution in [1.82, 2.24) is 14.5 Å². The van der Waals surface area contributed by atoms with Gasteiger partial charge in [-0.15, -0.1) is 0 Å². The quantitative estimate of drug-likeness (QED) is 0.466. The van der Waals surface area contributed by atoms with E-state index in [1.807, 2.05) is 13.0 Å². The molecule has 1 N–H and O–H groups in total. The van der Waals surface area contributed by atoms with Crippen LogP contribution in [0.2, 0.25) is 10.0 Å². The van der Waals surface area contributed by atoms with Crippen molar-refractivity contribution in [2.45, 2.75) is 44.8 Å². The van der Waals surface area contributed by atoms with Gasteiger partial charge >= 0.3 is 0 Å². The predicted octanol–water partition coefficient (Wildman–Crippen LogP) is 5.56. The average molecular weight is 547 g/mol. The predicted molar refractivity (Wildman–Crippen MR) is 122 cm³/mol. The van der Waals surface area contributed by atoms with E-state index in [1.165, 1.54) is 12.3 Å². The van der Waals surface area contributed by atoms with Crippen molar-refractivity contribution >= 4 is 50.6 Å². The van der Waals surface area contributed by atoms with Gasteiger partial charge < -0.3 is 10.0 Å². The highest BCUT2D eigenvalue weighted by molar-refractivity contribution is 9.10. The van der Waals surface area contributed by atoms with Crippen molar-refractivity contribution in [2.75, 3.05) is 6.54 Å². The lowest BCUT2D eigenvalue weighted by atomic mass is 9.83. The van der Waals surface area contributed by atoms with E-state index in [0.717, 1.165) is 12.5 Å². The Labute approximate surface area is 202 Å². The first kappa shape index (κ1) is 23.4. The van der Waals surface area contributed by atoms with Gasteiger partial charge in [0, 0.05) is 18.3 Å². The van der Waals surface area contributed by atoms with E-state index in [9.17, 15) is 18.7 Å². The number of alkyl halides is 2. The number of hydrogen-bond donors (Lipinski definition) is 1. The highest BCUT2D eigenvalue weighted by atomic mass is 79.9. The Morgan fingerprint density at radius 1 is 1.41 bits per heavy atom. The molecule has 5 nitrogen and oxygen atoms in total. The van der Waals surface area contributed by atoms with Crippen LogP contribution in [0.25, 0.3) is 5.52 Å². The number of aromatic nitrogens is 2. The van der Waals surface area contributed by atoms with Crippen LogP contribution in [0, 0.1) is 0 Å². The number of hydrogen-bond acceptors (Lipinski definition) is 3. The summed E-state index contributed by atoms with van der Waals surface area (Å²) >= 11 is 16.2. The third kappa shape index (κ3) is 3.81. The summed E-state index contributed by atoms with van der Waals surface area (Å²) in [4.78, 5) is 15.0. The van der Waals surface area contributed by atoms with Crippen molar-refractivity contribution in [1.29, 1.82) is 0 Å². The zero-order valence-corrected chi connectivity index (χ0v) is 20.3. The Morgan fingerprint density at radius 3 is 2.81 bits per heavy atom. The van der Waals surface area contributed by atoms with Gasteiger partial charge in [0.25, 0.3) is 6.43 Å². The molecule has 3 heterocycles. The second-order valence-electron chi connectivity index (χ2n) is 8.07. The van der Waals surface area contributed by atoms with Crippen LogP contribution in [0.4, 0.5) is 8.78 Å². The minimum absolute atomic E-state index is 0.00129. The van der Waals surface area contributed by atoms with Crippen LogP contribution >= 0.6 is 39.1 Å². The first-order chi connectivity index (χ1) is 15.0. The minimum atomic E-state index is -2.93. The molecule has 0 saturated heterocycles. The fourth-order valence-electron chi connectivity index (χ4n) is 4.35. The Hall–Kier alpha value is -1.74. The molecule has 1 aliphatic rings. The molecule has 2 atom stereocenters. The molecule has 0 saturated carbocycles. The lowest BCUT2D eigenvalue weighted by Gasteiger charge is -2.38. The Balaban J connectivity index is 1.67. The molecule has 0 spiro atoms. The molecule has 0 fully saturated rings. The number of nitrogens with zero attached hydrogens (tertiary/aromatic N) is 3. The van der Waals surface area contributed by atoms with E-state index in [0.29, 0.717) is 44.1 Å². The SMILES string of the molecule is C[C@H]1c2cccc(C(C)(O)C(F)F)c2CCN1C(=O)Cc1c(Cl)c(Br)cn2ncc(Cl)c12. The van der Waals surface area contributed by atoms with Crippen LogP contribution in [-0.2, 0) is 23.2 Å². The van der Waals surface area contributed by atoms with E-state index in [2.05, 4.69) is 21.0 Å². The van der Waals surface area contributed by atoms with Crippen molar-refractivity contribution in [3.05, 3.63) is 67.4 Å². The Bertz CT molecular complexity index is 1220. The molecule has 170 valence electrons. The van der Waals surface area contributed by atoms with Gasteiger partial charge in [0.2, 0.25) is 5.91 Å². The molecule has 0 radical (unpaired) electrons. The largest absolute Gasteiger partial charge is 0.379 e. The number of fused-ring (bicyclic) bond motifs is 2. The van der Waals surface area contributed by atoms with E-state index in [4.69, 9.17) is 23.2 Å². The number of halogens is 5. The summed E-state index contributed by atoms with van der Waals surface area (Å²) in [7, 11) is 0. The van der Waals surface area contributed by atoms with Crippen LogP contribution in [-0.4, -0.2) is 38.5 Å². The monoisotopic (exact) mass is 545 g/mol. The molecule has 1 aromatic carbocycles. The number of rotatable bonds is 4. The van der Waals surface area contributed by atoms with Crippen LogP contribution in [0.1, 0.15) is 42.1 Å². The highest BCUT2D eigenvalue weighted by Gasteiger charge is 2.39. The highest BCUT2D eigenvalue weighted by Crippen LogP contribution is 2.39. The van der Waals surface area contributed by atoms with Gasteiger partial charge in [-0.25, -0.2) is 13.3 Å². The van der Waals surface area contributed by atoms with Crippen molar-refractivity contribution < 1.29 is 18.7 Å². The third-order valence-electron chi connectivity index (χ3n) is 6.10. The first-order valence-electron chi connectivity index (χ1n) is 9.96. The second kappa shape index (κ2) is 8.56. The summed E-state index contributed by atoms with van der Waals surface area (Å²) in [5.74, 6) is -0.173. The summed E-state index contributed by atoms with van der Waals surface area (Å²) in [6.45, 7) is 3.30. The lowest BCUT2D eigenvalue weighted by Crippen LogP contribution is -2.41. The number of benzene rings is 1. The third-order valence-corrected chi connectivity index (χ3v) is 7.64. The molecule has 10 heteroatoms. The number of aliphatic hydroxyl groups is 1. The molecule has 4 rings (SSSR count). The molecule has 1 unspecified atom stereocenters. The standard InChI is InChI=1S/C22H20BrCl2F2N3O2/c1-11-12-4-3-5-15(22(2,32)21(26)27)13(12)6-7-29(11)18(31)8-14-19(25)16(23)10-30-20(14)17(24)9-28-30/h3-5,9-11,21,32H,6-8H2,1-2H3/t11-,22?/m0/s1. The van der Waals surface area contributed by atoms with Gasteiger partial charge in [-0.05, 0) is 52.9 Å². The maximum absolute atomic E-state index is 13.5. The topological polar surface area (TPSA) is 57.8 Å². The smallest absolute Gasteiger partial charge is 0.270 e. The lowest BCUT2D eigenvalue weighted by molar-refractivity contribution is -0.133. The van der Waals surface area contributed by atoms with E-state index < -0.39 is 12.0 Å². The molecular weight excluding hydrogens is 527 g/mol. The number of pyridine rings is 1. The molecule has 3 aromatic rings.